The maximum absolute atomic E-state index is 13.4. The van der Waals surface area contributed by atoms with E-state index in [0.717, 1.165) is 34.0 Å². The van der Waals surface area contributed by atoms with E-state index in [-0.39, 0.29) is 17.5 Å². The molecule has 0 fully saturated rings. The van der Waals surface area contributed by atoms with Gasteiger partial charge in [0.2, 0.25) is 0 Å². The van der Waals surface area contributed by atoms with Crippen molar-refractivity contribution in [2.75, 3.05) is 0 Å². The van der Waals surface area contributed by atoms with Gasteiger partial charge in [-0.15, -0.1) is 0 Å². The van der Waals surface area contributed by atoms with Crippen molar-refractivity contribution < 1.29 is 9.18 Å². The van der Waals surface area contributed by atoms with Gasteiger partial charge < -0.3 is 0 Å². The second-order valence-electron chi connectivity index (χ2n) is 5.24. The average Bonchev–Trinajstić information content (AvgIpc) is 2.41. The van der Waals surface area contributed by atoms with E-state index in [1.54, 1.807) is 0 Å². The first kappa shape index (κ1) is 13.5. The van der Waals surface area contributed by atoms with Crippen LogP contribution in [0.4, 0.5) is 4.39 Å². The summed E-state index contributed by atoms with van der Waals surface area (Å²) >= 11 is 3.29. The van der Waals surface area contributed by atoms with Gasteiger partial charge in [0.05, 0.1) is 0 Å². The molecule has 2 aromatic rings. The number of aryl methyl sites for hydroxylation is 1. The highest BCUT2D eigenvalue weighted by Crippen LogP contribution is 2.28. The van der Waals surface area contributed by atoms with Crippen molar-refractivity contribution in [2.24, 2.45) is 5.92 Å². The zero-order chi connectivity index (χ0) is 14.1. The fourth-order valence-electron chi connectivity index (χ4n) is 2.87. The second-order valence-corrected chi connectivity index (χ2v) is 6.15. The molecule has 0 amide bonds. The highest BCUT2D eigenvalue weighted by Gasteiger charge is 2.27. The molecule has 3 heteroatoms. The average molecular weight is 333 g/mol. The monoisotopic (exact) mass is 332 g/mol. The van der Waals surface area contributed by atoms with Gasteiger partial charge in [0, 0.05) is 16.0 Å². The number of benzene rings is 2. The van der Waals surface area contributed by atoms with Crippen LogP contribution in [0.15, 0.2) is 46.9 Å². The Morgan fingerprint density at radius 1 is 1.20 bits per heavy atom. The van der Waals surface area contributed by atoms with Crippen LogP contribution in [0.25, 0.3) is 0 Å². The van der Waals surface area contributed by atoms with Crippen LogP contribution in [-0.4, -0.2) is 5.78 Å². The predicted molar refractivity (Wildman–Crippen MR) is 80.4 cm³/mol. The molecule has 0 bridgehead atoms. The second kappa shape index (κ2) is 5.49. The maximum Gasteiger partial charge on any atom is 0.166 e. The Morgan fingerprint density at radius 2 is 2.00 bits per heavy atom. The lowest BCUT2D eigenvalue weighted by Gasteiger charge is -2.23. The molecule has 1 aliphatic rings. The van der Waals surface area contributed by atoms with E-state index >= 15 is 0 Å². The number of rotatable bonds is 2. The Morgan fingerprint density at radius 3 is 2.80 bits per heavy atom. The molecule has 20 heavy (non-hydrogen) atoms. The van der Waals surface area contributed by atoms with Gasteiger partial charge in [-0.05, 0) is 48.6 Å². The van der Waals surface area contributed by atoms with Crippen molar-refractivity contribution in [1.29, 1.82) is 0 Å². The zero-order valence-corrected chi connectivity index (χ0v) is 12.5. The van der Waals surface area contributed by atoms with Gasteiger partial charge in [-0.3, -0.25) is 4.79 Å². The standard InChI is InChI=1S/C17H14BrFO/c18-14-8-11(9-15(19)10-14)7-13-6-5-12-3-1-2-4-16(12)17(13)20/h1-4,8-10,13H,5-7H2. The van der Waals surface area contributed by atoms with Crippen LogP contribution in [0.3, 0.4) is 0 Å². The van der Waals surface area contributed by atoms with Crippen LogP contribution < -0.4 is 0 Å². The molecule has 0 saturated carbocycles. The molecule has 3 rings (SSSR count). The van der Waals surface area contributed by atoms with Gasteiger partial charge in [0.1, 0.15) is 5.82 Å². The van der Waals surface area contributed by atoms with Gasteiger partial charge in [-0.1, -0.05) is 40.2 Å². The van der Waals surface area contributed by atoms with Gasteiger partial charge in [-0.25, -0.2) is 4.39 Å². The van der Waals surface area contributed by atoms with E-state index in [0.29, 0.717) is 6.42 Å². The van der Waals surface area contributed by atoms with E-state index < -0.39 is 0 Å². The fourth-order valence-corrected chi connectivity index (χ4v) is 3.38. The minimum absolute atomic E-state index is 0.0430. The van der Waals surface area contributed by atoms with Crippen molar-refractivity contribution >= 4 is 21.7 Å². The Balaban J connectivity index is 1.84. The third kappa shape index (κ3) is 2.68. The molecule has 102 valence electrons. The number of carbonyl (C=O) groups excluding carboxylic acids is 1. The zero-order valence-electron chi connectivity index (χ0n) is 10.9. The Kier molecular flexibility index (Phi) is 3.70. The fraction of sp³-hybridized carbons (Fsp3) is 0.235. The first-order chi connectivity index (χ1) is 9.63. The number of ketones is 1. The van der Waals surface area contributed by atoms with Crippen molar-refractivity contribution in [2.45, 2.75) is 19.3 Å². The van der Waals surface area contributed by atoms with Crippen LogP contribution in [0.5, 0.6) is 0 Å². The van der Waals surface area contributed by atoms with E-state index in [1.165, 1.54) is 12.1 Å². The summed E-state index contributed by atoms with van der Waals surface area (Å²) in [6.45, 7) is 0. The summed E-state index contributed by atoms with van der Waals surface area (Å²) in [4.78, 5) is 12.5. The van der Waals surface area contributed by atoms with Gasteiger partial charge in [0.15, 0.2) is 5.78 Å². The van der Waals surface area contributed by atoms with Crippen molar-refractivity contribution in [3.8, 4) is 0 Å². The lowest BCUT2D eigenvalue weighted by Crippen LogP contribution is -2.24. The van der Waals surface area contributed by atoms with Crippen LogP contribution in [0.2, 0.25) is 0 Å². The number of hydrogen-bond donors (Lipinski definition) is 0. The Hall–Kier alpha value is -1.48. The SMILES string of the molecule is O=C1c2ccccc2CCC1Cc1cc(F)cc(Br)c1. The maximum atomic E-state index is 13.4. The first-order valence-electron chi connectivity index (χ1n) is 6.70. The molecular weight excluding hydrogens is 319 g/mol. The Labute approximate surface area is 126 Å². The normalized spacial score (nSPS) is 17.9. The summed E-state index contributed by atoms with van der Waals surface area (Å²) in [7, 11) is 0. The molecule has 1 aliphatic carbocycles. The molecule has 0 heterocycles. The van der Waals surface area contributed by atoms with Crippen molar-refractivity contribution in [1.82, 2.24) is 0 Å². The van der Waals surface area contributed by atoms with E-state index in [4.69, 9.17) is 0 Å². The molecule has 0 radical (unpaired) electrons. The van der Waals surface area contributed by atoms with Gasteiger partial charge >= 0.3 is 0 Å². The summed E-state index contributed by atoms with van der Waals surface area (Å²) in [5.74, 6) is -0.121. The van der Waals surface area contributed by atoms with E-state index in [1.807, 2.05) is 30.3 Å². The van der Waals surface area contributed by atoms with E-state index in [2.05, 4.69) is 15.9 Å². The lowest BCUT2D eigenvalue weighted by atomic mass is 9.80. The van der Waals surface area contributed by atoms with Crippen LogP contribution in [0.1, 0.15) is 27.9 Å². The highest BCUT2D eigenvalue weighted by atomic mass is 79.9. The number of Topliss-reactive ketones (excluding diaryl/α,β-unsaturated/α-hetero) is 1. The van der Waals surface area contributed by atoms with Gasteiger partial charge in [-0.2, -0.15) is 0 Å². The molecule has 0 aliphatic heterocycles. The van der Waals surface area contributed by atoms with Gasteiger partial charge in [0.25, 0.3) is 0 Å². The molecule has 1 unspecified atom stereocenters. The highest BCUT2D eigenvalue weighted by molar-refractivity contribution is 9.10. The molecule has 0 aromatic heterocycles. The summed E-state index contributed by atoms with van der Waals surface area (Å²) < 4.78 is 14.1. The lowest BCUT2D eigenvalue weighted by molar-refractivity contribution is 0.0901. The molecule has 2 aromatic carbocycles. The number of fused-ring (bicyclic) bond motifs is 1. The minimum atomic E-state index is -0.266. The van der Waals surface area contributed by atoms with Crippen LogP contribution >= 0.6 is 15.9 Å². The molecule has 0 spiro atoms. The summed E-state index contributed by atoms with van der Waals surface area (Å²) in [5, 5.41) is 0. The smallest absolute Gasteiger partial charge is 0.166 e. The molecule has 1 atom stereocenters. The van der Waals surface area contributed by atoms with Crippen LogP contribution in [0, 0.1) is 11.7 Å². The summed E-state index contributed by atoms with van der Waals surface area (Å²) in [6.07, 6.45) is 2.36. The van der Waals surface area contributed by atoms with E-state index in [9.17, 15) is 9.18 Å². The topological polar surface area (TPSA) is 17.1 Å². The number of halogens is 2. The molecule has 0 N–H and O–H groups in total. The molecule has 1 nitrogen and oxygen atoms in total. The molecule has 0 saturated heterocycles. The molecular formula is C17H14BrFO. The predicted octanol–water partition coefficient (Wildman–Crippen LogP) is 4.58. The largest absolute Gasteiger partial charge is 0.294 e. The van der Waals surface area contributed by atoms with Crippen molar-refractivity contribution in [3.05, 3.63) is 69.4 Å². The quantitative estimate of drug-likeness (QED) is 0.786. The third-order valence-electron chi connectivity index (χ3n) is 3.82. The number of hydrogen-bond acceptors (Lipinski definition) is 1. The van der Waals surface area contributed by atoms with Crippen LogP contribution in [-0.2, 0) is 12.8 Å². The third-order valence-corrected chi connectivity index (χ3v) is 4.28. The summed E-state index contributed by atoms with van der Waals surface area (Å²) in [6, 6.07) is 12.6. The first-order valence-corrected chi connectivity index (χ1v) is 7.50. The number of carbonyl (C=O) groups is 1. The minimum Gasteiger partial charge on any atom is -0.294 e. The Bertz CT molecular complexity index is 646. The van der Waals surface area contributed by atoms with Crippen molar-refractivity contribution in [3.63, 3.8) is 0 Å². The summed E-state index contributed by atoms with van der Waals surface area (Å²) in [5.41, 5.74) is 2.84.